The molecule has 0 amide bonds. The predicted molar refractivity (Wildman–Crippen MR) is 75.6 cm³/mol. The molecule has 0 spiro atoms. The van der Waals surface area contributed by atoms with E-state index in [1.54, 1.807) is 0 Å². The quantitative estimate of drug-likeness (QED) is 0.307. The number of hydrogen-bond acceptors (Lipinski definition) is 3. The van der Waals surface area contributed by atoms with Crippen molar-refractivity contribution in [3.05, 3.63) is 12.2 Å². The number of hydrogen-bond donors (Lipinski definition) is 0. The first-order chi connectivity index (χ1) is 9.10. The van der Waals surface area contributed by atoms with E-state index in [-0.39, 0.29) is 11.9 Å². The number of ether oxygens (including phenoxy) is 1. The van der Waals surface area contributed by atoms with Gasteiger partial charge in [-0.25, -0.2) is 0 Å². The first-order valence-electron chi connectivity index (χ1n) is 7.27. The van der Waals surface area contributed by atoms with Gasteiger partial charge in [-0.05, 0) is 43.4 Å². The van der Waals surface area contributed by atoms with E-state index >= 15 is 0 Å². The van der Waals surface area contributed by atoms with E-state index in [1.807, 2.05) is 0 Å². The number of allylic oxidation sites excluding steroid dienone is 2. The summed E-state index contributed by atoms with van der Waals surface area (Å²) in [5.41, 5.74) is 0. The van der Waals surface area contributed by atoms with Crippen LogP contribution in [0.1, 0.15) is 46.0 Å². The fourth-order valence-electron chi connectivity index (χ4n) is 3.18. The van der Waals surface area contributed by atoms with Gasteiger partial charge in [0.05, 0.1) is 7.11 Å². The first kappa shape index (κ1) is 15.9. The number of unbranched alkanes of at least 4 members (excludes halogenated alkanes) is 1. The van der Waals surface area contributed by atoms with Gasteiger partial charge in [0, 0.05) is 12.3 Å². The van der Waals surface area contributed by atoms with Crippen molar-refractivity contribution in [1.29, 1.82) is 0 Å². The zero-order valence-electron chi connectivity index (χ0n) is 12.3. The Balaban J connectivity index is 2.27. The Morgan fingerprint density at radius 1 is 1.26 bits per heavy atom. The molecule has 1 aliphatic carbocycles. The smallest absolute Gasteiger partial charge is 0.305 e. The summed E-state index contributed by atoms with van der Waals surface area (Å²) in [5, 5.41) is 0. The summed E-state index contributed by atoms with van der Waals surface area (Å²) < 4.78 is 4.59. The molecule has 0 aromatic rings. The third kappa shape index (κ3) is 4.81. The van der Waals surface area contributed by atoms with E-state index in [0.717, 1.165) is 32.0 Å². The van der Waals surface area contributed by atoms with Crippen LogP contribution in [0.25, 0.3) is 0 Å². The average molecular weight is 266 g/mol. The third-order valence-corrected chi connectivity index (χ3v) is 4.34. The van der Waals surface area contributed by atoms with Gasteiger partial charge in [0.1, 0.15) is 6.29 Å². The van der Waals surface area contributed by atoms with Crippen molar-refractivity contribution in [3.63, 3.8) is 0 Å². The summed E-state index contributed by atoms with van der Waals surface area (Å²) in [5.74, 6) is 1.71. The summed E-state index contributed by atoms with van der Waals surface area (Å²) >= 11 is 0. The standard InChI is InChI=1S/C16H26O3/c1-12-10-13(2)15(11-17)14(12)8-6-4-5-7-9-16(18)19-3/h4,6,11-15H,5,7-10H2,1-3H3/b6-4+. The molecule has 0 bridgehead atoms. The molecule has 0 radical (unpaired) electrons. The van der Waals surface area contributed by atoms with Crippen LogP contribution in [-0.2, 0) is 14.3 Å². The summed E-state index contributed by atoms with van der Waals surface area (Å²) in [6.45, 7) is 4.42. The number of carbonyl (C=O) groups is 2. The molecule has 3 heteroatoms. The maximum Gasteiger partial charge on any atom is 0.305 e. The molecule has 0 aromatic carbocycles. The van der Waals surface area contributed by atoms with E-state index in [2.05, 4.69) is 30.7 Å². The highest BCUT2D eigenvalue weighted by molar-refractivity contribution is 5.69. The zero-order chi connectivity index (χ0) is 14.3. The van der Waals surface area contributed by atoms with Crippen LogP contribution >= 0.6 is 0 Å². The average Bonchev–Trinajstić information content (AvgIpc) is 2.67. The van der Waals surface area contributed by atoms with Crippen molar-refractivity contribution in [2.75, 3.05) is 7.11 Å². The lowest BCUT2D eigenvalue weighted by molar-refractivity contribution is -0.140. The fraction of sp³-hybridized carbons (Fsp3) is 0.750. The van der Waals surface area contributed by atoms with Gasteiger partial charge in [-0.3, -0.25) is 4.79 Å². The van der Waals surface area contributed by atoms with Gasteiger partial charge in [-0.2, -0.15) is 0 Å². The molecule has 4 unspecified atom stereocenters. The first-order valence-corrected chi connectivity index (χ1v) is 7.27. The molecule has 1 saturated carbocycles. The summed E-state index contributed by atoms with van der Waals surface area (Å²) in [6.07, 6.45) is 9.79. The molecule has 1 rings (SSSR count). The van der Waals surface area contributed by atoms with Gasteiger partial charge >= 0.3 is 5.97 Å². The predicted octanol–water partition coefficient (Wildman–Crippen LogP) is 3.38. The second kappa shape index (κ2) is 8.13. The molecule has 3 nitrogen and oxygen atoms in total. The highest BCUT2D eigenvalue weighted by atomic mass is 16.5. The minimum absolute atomic E-state index is 0.146. The minimum atomic E-state index is -0.146. The normalized spacial score (nSPS) is 30.7. The zero-order valence-corrected chi connectivity index (χ0v) is 12.3. The Hall–Kier alpha value is -1.12. The molecule has 0 heterocycles. The van der Waals surface area contributed by atoms with Gasteiger partial charge < -0.3 is 9.53 Å². The maximum atomic E-state index is 11.1. The van der Waals surface area contributed by atoms with Gasteiger partial charge in [0.25, 0.3) is 0 Å². The topological polar surface area (TPSA) is 43.4 Å². The molecule has 0 saturated heterocycles. The van der Waals surface area contributed by atoms with Crippen LogP contribution in [0.3, 0.4) is 0 Å². The summed E-state index contributed by atoms with van der Waals surface area (Å²) in [6, 6.07) is 0. The van der Waals surface area contributed by atoms with E-state index in [4.69, 9.17) is 0 Å². The lowest BCUT2D eigenvalue weighted by Gasteiger charge is -2.17. The highest BCUT2D eigenvalue weighted by Gasteiger charge is 2.37. The van der Waals surface area contributed by atoms with E-state index in [9.17, 15) is 9.59 Å². The van der Waals surface area contributed by atoms with Crippen LogP contribution in [-0.4, -0.2) is 19.4 Å². The summed E-state index contributed by atoms with van der Waals surface area (Å²) in [7, 11) is 1.42. The van der Waals surface area contributed by atoms with Gasteiger partial charge in [0.2, 0.25) is 0 Å². The van der Waals surface area contributed by atoms with Crippen molar-refractivity contribution in [3.8, 4) is 0 Å². The van der Waals surface area contributed by atoms with Crippen LogP contribution < -0.4 is 0 Å². The van der Waals surface area contributed by atoms with Crippen molar-refractivity contribution in [2.45, 2.75) is 46.0 Å². The van der Waals surface area contributed by atoms with E-state index in [0.29, 0.717) is 24.2 Å². The highest BCUT2D eigenvalue weighted by Crippen LogP contribution is 2.42. The Labute approximate surface area is 116 Å². The maximum absolute atomic E-state index is 11.1. The molecule has 4 atom stereocenters. The van der Waals surface area contributed by atoms with Gasteiger partial charge in [-0.15, -0.1) is 0 Å². The lowest BCUT2D eigenvalue weighted by atomic mass is 9.86. The number of aldehydes is 1. The molecule has 1 fully saturated rings. The van der Waals surface area contributed by atoms with Gasteiger partial charge in [0.15, 0.2) is 0 Å². The Morgan fingerprint density at radius 2 is 2.00 bits per heavy atom. The number of esters is 1. The number of rotatable bonds is 7. The fourth-order valence-corrected chi connectivity index (χ4v) is 3.18. The second-order valence-corrected chi connectivity index (χ2v) is 5.74. The third-order valence-electron chi connectivity index (χ3n) is 4.34. The molecule has 108 valence electrons. The van der Waals surface area contributed by atoms with Crippen LogP contribution in [0.4, 0.5) is 0 Å². The van der Waals surface area contributed by atoms with Crippen LogP contribution in [0.2, 0.25) is 0 Å². The lowest BCUT2D eigenvalue weighted by Crippen LogP contribution is -2.16. The summed E-state index contributed by atoms with van der Waals surface area (Å²) in [4.78, 5) is 22.1. The number of carbonyl (C=O) groups excluding carboxylic acids is 2. The SMILES string of the molecule is COC(=O)CCC/C=C/CC1C(C)CC(C)C1C=O. The van der Waals surface area contributed by atoms with E-state index in [1.165, 1.54) is 7.11 Å². The monoisotopic (exact) mass is 266 g/mol. The Kier molecular flexibility index (Phi) is 6.82. The molecular weight excluding hydrogens is 240 g/mol. The molecule has 0 aliphatic heterocycles. The number of methoxy groups -OCH3 is 1. The van der Waals surface area contributed by atoms with Crippen molar-refractivity contribution >= 4 is 12.3 Å². The van der Waals surface area contributed by atoms with Crippen molar-refractivity contribution in [1.82, 2.24) is 0 Å². The molecule has 1 aliphatic rings. The van der Waals surface area contributed by atoms with Crippen molar-refractivity contribution in [2.24, 2.45) is 23.7 Å². The largest absolute Gasteiger partial charge is 0.469 e. The molecular formula is C16H26O3. The van der Waals surface area contributed by atoms with Crippen LogP contribution in [0.5, 0.6) is 0 Å². The molecule has 0 aromatic heterocycles. The van der Waals surface area contributed by atoms with Crippen LogP contribution in [0.15, 0.2) is 12.2 Å². The van der Waals surface area contributed by atoms with Crippen molar-refractivity contribution < 1.29 is 14.3 Å². The minimum Gasteiger partial charge on any atom is -0.469 e. The molecule has 0 N–H and O–H groups in total. The van der Waals surface area contributed by atoms with E-state index < -0.39 is 0 Å². The Morgan fingerprint density at radius 3 is 2.63 bits per heavy atom. The van der Waals surface area contributed by atoms with Crippen LogP contribution in [0, 0.1) is 23.7 Å². The second-order valence-electron chi connectivity index (χ2n) is 5.74. The molecule has 19 heavy (non-hydrogen) atoms. The Bertz CT molecular complexity index is 322. The van der Waals surface area contributed by atoms with Gasteiger partial charge in [-0.1, -0.05) is 26.0 Å².